The predicted octanol–water partition coefficient (Wildman–Crippen LogP) is 6.21. The maximum Gasteiger partial charge on any atom is -0.0169 e. The van der Waals surface area contributed by atoms with Crippen LogP contribution >= 0.6 is 0 Å². The molecule has 0 rings (SSSR count). The molecule has 0 nitrogen and oxygen atoms in total. The van der Waals surface area contributed by atoms with Gasteiger partial charge in [0.1, 0.15) is 0 Å². The number of allylic oxidation sites excluding steroid dienone is 6. The van der Waals surface area contributed by atoms with Crippen molar-refractivity contribution in [3.63, 3.8) is 0 Å². The Bertz CT molecular complexity index is 208. The number of hydrogen-bond acceptors (Lipinski definition) is 0. The minimum Gasteiger partial charge on any atom is -0.0885 e. The van der Waals surface area contributed by atoms with Crippen molar-refractivity contribution in [3.8, 4) is 0 Å². The maximum absolute atomic E-state index is 2.33. The summed E-state index contributed by atoms with van der Waals surface area (Å²) in [5.74, 6) is 0. The molecule has 0 aromatic carbocycles. The Morgan fingerprint density at radius 2 is 1.18 bits per heavy atom. The lowest BCUT2D eigenvalue weighted by Crippen LogP contribution is -1.75. The molecular weight excluding hydrogens is 204 g/mol. The van der Waals surface area contributed by atoms with Crippen LogP contribution in [0.3, 0.4) is 0 Å². The molecule has 0 heteroatoms. The van der Waals surface area contributed by atoms with Gasteiger partial charge in [0.2, 0.25) is 0 Å². The van der Waals surface area contributed by atoms with Gasteiger partial charge in [0.05, 0.1) is 0 Å². The van der Waals surface area contributed by atoms with E-state index < -0.39 is 0 Å². The van der Waals surface area contributed by atoms with Crippen molar-refractivity contribution in [2.75, 3.05) is 0 Å². The third kappa shape index (κ3) is 15.2. The molecule has 0 amide bonds. The van der Waals surface area contributed by atoms with Crippen LogP contribution in [0.25, 0.3) is 0 Å². The van der Waals surface area contributed by atoms with E-state index in [0.29, 0.717) is 0 Å². The first-order valence-electron chi connectivity index (χ1n) is 7.36. The molecular formula is C17H30. The van der Waals surface area contributed by atoms with Crippen LogP contribution in [0.4, 0.5) is 0 Å². The van der Waals surface area contributed by atoms with Crippen LogP contribution in [-0.4, -0.2) is 0 Å². The lowest BCUT2D eigenvalue weighted by molar-refractivity contribution is 0.637. The Balaban J connectivity index is 3.21. The molecule has 17 heavy (non-hydrogen) atoms. The summed E-state index contributed by atoms with van der Waals surface area (Å²) in [5, 5.41) is 0. The second-order valence-corrected chi connectivity index (χ2v) is 4.50. The monoisotopic (exact) mass is 234 g/mol. The summed E-state index contributed by atoms with van der Waals surface area (Å²) in [7, 11) is 0. The van der Waals surface area contributed by atoms with Crippen molar-refractivity contribution in [3.05, 3.63) is 36.5 Å². The Hall–Kier alpha value is -0.780. The number of hydrogen-bond donors (Lipinski definition) is 0. The van der Waals surface area contributed by atoms with Gasteiger partial charge in [-0.3, -0.25) is 0 Å². The van der Waals surface area contributed by atoms with Crippen molar-refractivity contribution in [1.29, 1.82) is 0 Å². The molecule has 0 aromatic rings. The number of unbranched alkanes of at least 4 members (excludes halogenated alkanes) is 5. The van der Waals surface area contributed by atoms with Gasteiger partial charge in [0.25, 0.3) is 0 Å². The highest BCUT2D eigenvalue weighted by atomic mass is 13.9. The van der Waals surface area contributed by atoms with Crippen molar-refractivity contribution in [2.24, 2.45) is 0 Å². The minimum absolute atomic E-state index is 1.08. The van der Waals surface area contributed by atoms with Gasteiger partial charge in [-0.1, -0.05) is 76.0 Å². The van der Waals surface area contributed by atoms with E-state index in [1.54, 1.807) is 0 Å². The molecule has 0 unspecified atom stereocenters. The normalized spacial score (nSPS) is 12.4. The Morgan fingerprint density at radius 3 is 1.82 bits per heavy atom. The van der Waals surface area contributed by atoms with E-state index in [1.165, 1.54) is 38.5 Å². The van der Waals surface area contributed by atoms with Gasteiger partial charge in [-0.15, -0.1) is 0 Å². The molecule has 0 N–H and O–H groups in total. The topological polar surface area (TPSA) is 0 Å². The van der Waals surface area contributed by atoms with Gasteiger partial charge in [0.15, 0.2) is 0 Å². The molecule has 0 aromatic heterocycles. The smallest absolute Gasteiger partial charge is 0.0169 e. The minimum atomic E-state index is 1.08. The summed E-state index contributed by atoms with van der Waals surface area (Å²) in [5.41, 5.74) is 0. The van der Waals surface area contributed by atoms with E-state index in [9.17, 15) is 0 Å². The fourth-order valence-electron chi connectivity index (χ4n) is 1.69. The quantitative estimate of drug-likeness (QED) is 0.295. The summed E-state index contributed by atoms with van der Waals surface area (Å²) < 4.78 is 0. The fraction of sp³-hybridized carbons (Fsp3) is 0.647. The highest BCUT2D eigenvalue weighted by Crippen LogP contribution is 2.05. The van der Waals surface area contributed by atoms with Crippen LogP contribution < -0.4 is 0 Å². The maximum atomic E-state index is 2.33. The summed E-state index contributed by atoms with van der Waals surface area (Å²) in [6.07, 6.45) is 25.1. The molecule has 0 fully saturated rings. The lowest BCUT2D eigenvalue weighted by Gasteiger charge is -1.95. The van der Waals surface area contributed by atoms with Gasteiger partial charge < -0.3 is 0 Å². The molecule has 0 aliphatic heterocycles. The van der Waals surface area contributed by atoms with E-state index in [4.69, 9.17) is 0 Å². The van der Waals surface area contributed by atoms with Gasteiger partial charge in [0, 0.05) is 0 Å². The van der Waals surface area contributed by atoms with E-state index in [0.717, 1.165) is 19.3 Å². The molecule has 0 saturated carbocycles. The van der Waals surface area contributed by atoms with Crippen LogP contribution in [0.2, 0.25) is 0 Å². The third-order valence-electron chi connectivity index (χ3n) is 2.75. The zero-order chi connectivity index (χ0) is 12.6. The standard InChI is InChI=1S/C17H30/c1-3-5-7-9-11-13-15-17-16-14-12-10-8-6-4-2/h5,7,11,13,16-17H,3-4,6,8-10,12,14-15H2,1-2H3/b7-5+,13-11?,17-16?. The first kappa shape index (κ1) is 16.2. The first-order valence-corrected chi connectivity index (χ1v) is 7.36. The first-order chi connectivity index (χ1) is 8.41. The largest absolute Gasteiger partial charge is 0.0885 e. The van der Waals surface area contributed by atoms with Crippen LogP contribution in [0.1, 0.15) is 71.6 Å². The summed E-state index contributed by atoms with van der Waals surface area (Å²) in [4.78, 5) is 0. The van der Waals surface area contributed by atoms with Crippen molar-refractivity contribution in [1.82, 2.24) is 0 Å². The van der Waals surface area contributed by atoms with E-state index >= 15 is 0 Å². The molecule has 0 bridgehead atoms. The fourth-order valence-corrected chi connectivity index (χ4v) is 1.69. The zero-order valence-corrected chi connectivity index (χ0v) is 11.8. The summed E-state index contributed by atoms with van der Waals surface area (Å²) in [6, 6.07) is 0. The summed E-state index contributed by atoms with van der Waals surface area (Å²) >= 11 is 0. The van der Waals surface area contributed by atoms with E-state index in [1.807, 2.05) is 0 Å². The Morgan fingerprint density at radius 1 is 0.588 bits per heavy atom. The molecule has 98 valence electrons. The van der Waals surface area contributed by atoms with Crippen LogP contribution in [0.15, 0.2) is 36.5 Å². The highest BCUT2D eigenvalue weighted by Gasteiger charge is 1.85. The molecule has 0 atom stereocenters. The third-order valence-corrected chi connectivity index (χ3v) is 2.75. The van der Waals surface area contributed by atoms with Gasteiger partial charge >= 0.3 is 0 Å². The average Bonchev–Trinajstić information content (AvgIpc) is 2.35. The SMILES string of the molecule is CC/C=C/CC=CCC=CCCCCCCC. The molecule has 0 heterocycles. The Labute approximate surface area is 109 Å². The predicted molar refractivity (Wildman–Crippen MR) is 80.3 cm³/mol. The van der Waals surface area contributed by atoms with E-state index in [-0.39, 0.29) is 0 Å². The second-order valence-electron chi connectivity index (χ2n) is 4.50. The van der Waals surface area contributed by atoms with Crippen molar-refractivity contribution >= 4 is 0 Å². The van der Waals surface area contributed by atoms with Crippen LogP contribution in [0.5, 0.6) is 0 Å². The Kier molecular flexibility index (Phi) is 14.5. The van der Waals surface area contributed by atoms with E-state index in [2.05, 4.69) is 50.3 Å². The molecule has 0 saturated heterocycles. The van der Waals surface area contributed by atoms with Gasteiger partial charge in [-0.05, 0) is 32.1 Å². The van der Waals surface area contributed by atoms with Crippen molar-refractivity contribution in [2.45, 2.75) is 71.6 Å². The van der Waals surface area contributed by atoms with Gasteiger partial charge in [-0.2, -0.15) is 0 Å². The molecule has 0 aliphatic rings. The van der Waals surface area contributed by atoms with Gasteiger partial charge in [-0.25, -0.2) is 0 Å². The van der Waals surface area contributed by atoms with Crippen LogP contribution in [-0.2, 0) is 0 Å². The average molecular weight is 234 g/mol. The highest BCUT2D eigenvalue weighted by molar-refractivity contribution is 4.96. The van der Waals surface area contributed by atoms with Crippen molar-refractivity contribution < 1.29 is 0 Å². The molecule has 0 radical (unpaired) electrons. The molecule has 0 spiro atoms. The second kappa shape index (κ2) is 15.2. The lowest BCUT2D eigenvalue weighted by atomic mass is 10.1. The number of rotatable bonds is 11. The molecule has 0 aliphatic carbocycles. The van der Waals surface area contributed by atoms with Crippen LogP contribution in [0, 0.1) is 0 Å². The summed E-state index contributed by atoms with van der Waals surface area (Å²) in [6.45, 7) is 4.44. The zero-order valence-electron chi connectivity index (χ0n) is 11.8.